The Bertz CT molecular complexity index is 806. The van der Waals surface area contributed by atoms with Crippen LogP contribution in [0.5, 0.6) is 0 Å². The minimum atomic E-state index is -3.64. The lowest BCUT2D eigenvalue weighted by molar-refractivity contribution is 0.0940. The van der Waals surface area contributed by atoms with Gasteiger partial charge in [0.15, 0.2) is 0 Å². The van der Waals surface area contributed by atoms with Crippen molar-refractivity contribution in [1.82, 2.24) is 5.32 Å². The Kier molecular flexibility index (Phi) is 8.29. The molecule has 0 saturated carbocycles. The second-order valence-electron chi connectivity index (χ2n) is 6.07. The van der Waals surface area contributed by atoms with Gasteiger partial charge in [0.05, 0.1) is 4.90 Å². The molecule has 2 aromatic carbocycles. The van der Waals surface area contributed by atoms with Crippen molar-refractivity contribution < 1.29 is 17.9 Å². The molecular weight excluding hydrogens is 364 g/mol. The monoisotopic (exact) mass is 390 g/mol. The zero-order chi connectivity index (χ0) is 19.5. The van der Waals surface area contributed by atoms with Crippen LogP contribution >= 0.6 is 0 Å². The number of amides is 1. The van der Waals surface area contributed by atoms with Crippen molar-refractivity contribution in [2.45, 2.75) is 31.1 Å². The summed E-state index contributed by atoms with van der Waals surface area (Å²) in [6.45, 7) is 4.03. The number of ether oxygens (including phenoxy) is 1. The number of rotatable bonds is 11. The molecule has 0 fully saturated rings. The van der Waals surface area contributed by atoms with E-state index in [1.807, 2.05) is 0 Å². The van der Waals surface area contributed by atoms with E-state index in [2.05, 4.69) is 17.0 Å². The molecule has 0 aliphatic rings. The van der Waals surface area contributed by atoms with Crippen molar-refractivity contribution in [3.63, 3.8) is 0 Å². The molecule has 0 bridgehead atoms. The van der Waals surface area contributed by atoms with Gasteiger partial charge in [0.25, 0.3) is 15.9 Å². The van der Waals surface area contributed by atoms with Crippen LogP contribution in [-0.2, 0) is 14.8 Å². The van der Waals surface area contributed by atoms with Gasteiger partial charge in [-0.15, -0.1) is 0 Å². The summed E-state index contributed by atoms with van der Waals surface area (Å²) in [5.41, 5.74) is 0.879. The number of hydrogen-bond donors (Lipinski definition) is 2. The molecule has 7 heteroatoms. The topological polar surface area (TPSA) is 84.5 Å². The summed E-state index contributed by atoms with van der Waals surface area (Å²) in [5.74, 6) is -0.193. The lowest BCUT2D eigenvalue weighted by atomic mass is 10.2. The Morgan fingerprint density at radius 3 is 2.30 bits per heavy atom. The minimum absolute atomic E-state index is 0.188. The molecule has 0 spiro atoms. The lowest BCUT2D eigenvalue weighted by Crippen LogP contribution is -2.25. The molecular formula is C20H26N2O4S. The number of carbonyl (C=O) groups excluding carboxylic acids is 1. The first-order chi connectivity index (χ1) is 13.0. The number of nitrogens with one attached hydrogen (secondary N) is 2. The third kappa shape index (κ3) is 7.03. The summed E-state index contributed by atoms with van der Waals surface area (Å²) in [4.78, 5) is 12.3. The van der Waals surface area contributed by atoms with E-state index in [9.17, 15) is 13.2 Å². The summed E-state index contributed by atoms with van der Waals surface area (Å²) in [5, 5.41) is 2.83. The maximum absolute atomic E-state index is 12.3. The van der Waals surface area contributed by atoms with Crippen LogP contribution in [0.15, 0.2) is 59.5 Å². The number of benzene rings is 2. The fraction of sp³-hybridized carbons (Fsp3) is 0.350. The van der Waals surface area contributed by atoms with E-state index in [-0.39, 0.29) is 10.8 Å². The van der Waals surface area contributed by atoms with Crippen LogP contribution in [0.4, 0.5) is 5.69 Å². The SMILES string of the molecule is CCCCOCCCNC(=O)c1ccc(NS(=O)(=O)c2ccccc2)cc1. The predicted molar refractivity (Wildman–Crippen MR) is 106 cm³/mol. The smallest absolute Gasteiger partial charge is 0.261 e. The molecule has 0 atom stereocenters. The number of carbonyl (C=O) groups is 1. The number of sulfonamides is 1. The summed E-state index contributed by atoms with van der Waals surface area (Å²) in [6, 6.07) is 14.5. The van der Waals surface area contributed by atoms with Gasteiger partial charge in [0.1, 0.15) is 0 Å². The summed E-state index contributed by atoms with van der Waals surface area (Å²) >= 11 is 0. The molecule has 6 nitrogen and oxygen atoms in total. The molecule has 146 valence electrons. The average Bonchev–Trinajstić information content (AvgIpc) is 2.68. The Hall–Kier alpha value is -2.38. The summed E-state index contributed by atoms with van der Waals surface area (Å²) < 4.78 is 32.5. The van der Waals surface area contributed by atoms with E-state index in [0.717, 1.165) is 25.9 Å². The van der Waals surface area contributed by atoms with Crippen LogP contribution < -0.4 is 10.0 Å². The lowest BCUT2D eigenvalue weighted by Gasteiger charge is -2.09. The number of unbranched alkanes of at least 4 members (excludes halogenated alkanes) is 1. The van der Waals surface area contributed by atoms with Gasteiger partial charge in [0, 0.05) is 31.0 Å². The highest BCUT2D eigenvalue weighted by Gasteiger charge is 2.13. The fourth-order valence-corrected chi connectivity index (χ4v) is 3.41. The van der Waals surface area contributed by atoms with Gasteiger partial charge in [0.2, 0.25) is 0 Å². The third-order valence-corrected chi connectivity index (χ3v) is 5.24. The van der Waals surface area contributed by atoms with E-state index >= 15 is 0 Å². The van der Waals surface area contributed by atoms with Crippen LogP contribution in [0.3, 0.4) is 0 Å². The number of hydrogen-bond acceptors (Lipinski definition) is 4. The first kappa shape index (κ1) is 20.9. The Labute approximate surface area is 161 Å². The first-order valence-electron chi connectivity index (χ1n) is 9.07. The van der Waals surface area contributed by atoms with Crippen LogP contribution in [0.25, 0.3) is 0 Å². The van der Waals surface area contributed by atoms with Crippen molar-refractivity contribution >= 4 is 21.6 Å². The fourth-order valence-electron chi connectivity index (χ4n) is 2.33. The molecule has 27 heavy (non-hydrogen) atoms. The van der Waals surface area contributed by atoms with Crippen LogP contribution in [0.1, 0.15) is 36.5 Å². The van der Waals surface area contributed by atoms with Crippen LogP contribution in [0, 0.1) is 0 Å². The van der Waals surface area contributed by atoms with Crippen LogP contribution in [-0.4, -0.2) is 34.1 Å². The normalized spacial score (nSPS) is 11.1. The predicted octanol–water partition coefficient (Wildman–Crippen LogP) is 3.42. The zero-order valence-electron chi connectivity index (χ0n) is 15.5. The second kappa shape index (κ2) is 10.7. The van der Waals surface area contributed by atoms with Gasteiger partial charge in [-0.25, -0.2) is 8.42 Å². The molecule has 0 saturated heterocycles. The van der Waals surface area contributed by atoms with Crippen LogP contribution in [0.2, 0.25) is 0 Å². The van der Waals surface area contributed by atoms with Gasteiger partial charge in [-0.1, -0.05) is 31.5 Å². The Morgan fingerprint density at radius 1 is 0.963 bits per heavy atom. The van der Waals surface area contributed by atoms with Gasteiger partial charge in [-0.05, 0) is 49.2 Å². The maximum Gasteiger partial charge on any atom is 0.261 e. The average molecular weight is 391 g/mol. The molecule has 2 aromatic rings. The molecule has 2 N–H and O–H groups in total. The van der Waals surface area contributed by atoms with E-state index in [1.54, 1.807) is 42.5 Å². The van der Waals surface area contributed by atoms with Gasteiger partial charge < -0.3 is 10.1 Å². The summed E-state index contributed by atoms with van der Waals surface area (Å²) in [7, 11) is -3.64. The summed E-state index contributed by atoms with van der Waals surface area (Å²) in [6.07, 6.45) is 2.91. The molecule has 0 radical (unpaired) electrons. The van der Waals surface area contributed by atoms with E-state index in [1.165, 1.54) is 12.1 Å². The van der Waals surface area contributed by atoms with Crippen molar-refractivity contribution in [3.05, 3.63) is 60.2 Å². The van der Waals surface area contributed by atoms with Crippen molar-refractivity contribution in [1.29, 1.82) is 0 Å². The highest BCUT2D eigenvalue weighted by atomic mass is 32.2. The largest absolute Gasteiger partial charge is 0.381 e. The Balaban J connectivity index is 1.81. The molecule has 0 aromatic heterocycles. The number of anilines is 1. The maximum atomic E-state index is 12.3. The molecule has 2 rings (SSSR count). The van der Waals surface area contributed by atoms with Gasteiger partial charge >= 0.3 is 0 Å². The molecule has 0 heterocycles. The molecule has 0 aliphatic carbocycles. The Morgan fingerprint density at radius 2 is 1.63 bits per heavy atom. The van der Waals surface area contributed by atoms with Crippen molar-refractivity contribution in [3.8, 4) is 0 Å². The highest BCUT2D eigenvalue weighted by Crippen LogP contribution is 2.16. The minimum Gasteiger partial charge on any atom is -0.381 e. The standard InChI is InChI=1S/C20H26N2O4S/c1-2-3-15-26-16-7-14-21-20(23)17-10-12-18(13-11-17)22-27(24,25)19-8-5-4-6-9-19/h4-6,8-13,22H,2-3,7,14-16H2,1H3,(H,21,23). The molecule has 0 aliphatic heterocycles. The van der Waals surface area contributed by atoms with Gasteiger partial charge in [-0.3, -0.25) is 9.52 Å². The second-order valence-corrected chi connectivity index (χ2v) is 7.75. The van der Waals surface area contributed by atoms with E-state index in [0.29, 0.717) is 24.4 Å². The van der Waals surface area contributed by atoms with Gasteiger partial charge in [-0.2, -0.15) is 0 Å². The zero-order valence-corrected chi connectivity index (χ0v) is 16.3. The van der Waals surface area contributed by atoms with E-state index in [4.69, 9.17) is 4.74 Å². The molecule has 0 unspecified atom stereocenters. The third-order valence-electron chi connectivity index (χ3n) is 3.85. The van der Waals surface area contributed by atoms with Crippen molar-refractivity contribution in [2.24, 2.45) is 0 Å². The van der Waals surface area contributed by atoms with Crippen molar-refractivity contribution in [2.75, 3.05) is 24.5 Å². The molecule has 1 amide bonds. The van der Waals surface area contributed by atoms with E-state index < -0.39 is 10.0 Å². The first-order valence-corrected chi connectivity index (χ1v) is 10.5. The highest BCUT2D eigenvalue weighted by molar-refractivity contribution is 7.92. The quantitative estimate of drug-likeness (QED) is 0.576.